The van der Waals surface area contributed by atoms with E-state index >= 15 is 0 Å². The molecule has 1 aliphatic rings. The molecular weight excluding hydrogens is 210 g/mol. The van der Waals surface area contributed by atoms with Crippen LogP contribution in [-0.2, 0) is 14.3 Å². The van der Waals surface area contributed by atoms with E-state index in [2.05, 4.69) is 5.32 Å². The van der Waals surface area contributed by atoms with Gasteiger partial charge in [-0.15, -0.1) is 0 Å². The summed E-state index contributed by atoms with van der Waals surface area (Å²) in [5.41, 5.74) is 0. The fourth-order valence-electron chi connectivity index (χ4n) is 1.72. The molecule has 0 spiro atoms. The molecule has 0 bridgehead atoms. The van der Waals surface area contributed by atoms with Gasteiger partial charge in [0.25, 0.3) is 0 Å². The van der Waals surface area contributed by atoms with Crippen LogP contribution in [0.1, 0.15) is 32.6 Å². The van der Waals surface area contributed by atoms with Gasteiger partial charge in [0.2, 0.25) is 5.91 Å². The van der Waals surface area contributed by atoms with Crippen LogP contribution in [-0.4, -0.2) is 36.2 Å². The Hall–Kier alpha value is -1.10. The van der Waals surface area contributed by atoms with E-state index in [1.165, 1.54) is 19.8 Å². The SMILES string of the molecule is CC(C(=O)O)C(=O)NCCOC1CCCC1. The van der Waals surface area contributed by atoms with E-state index in [0.29, 0.717) is 19.3 Å². The van der Waals surface area contributed by atoms with Gasteiger partial charge in [0, 0.05) is 6.54 Å². The highest BCUT2D eigenvalue weighted by Crippen LogP contribution is 2.20. The van der Waals surface area contributed by atoms with Crippen molar-refractivity contribution < 1.29 is 19.4 Å². The highest BCUT2D eigenvalue weighted by atomic mass is 16.5. The number of carboxylic acids is 1. The molecule has 0 heterocycles. The molecule has 1 unspecified atom stereocenters. The quantitative estimate of drug-likeness (QED) is 0.521. The third-order valence-corrected chi connectivity index (χ3v) is 2.82. The van der Waals surface area contributed by atoms with Gasteiger partial charge in [-0.2, -0.15) is 0 Å². The summed E-state index contributed by atoms with van der Waals surface area (Å²) < 4.78 is 5.53. The zero-order valence-corrected chi connectivity index (χ0v) is 9.57. The predicted molar refractivity (Wildman–Crippen MR) is 58.0 cm³/mol. The third kappa shape index (κ3) is 4.18. The highest BCUT2D eigenvalue weighted by Gasteiger charge is 2.20. The van der Waals surface area contributed by atoms with Gasteiger partial charge in [-0.25, -0.2) is 0 Å². The summed E-state index contributed by atoms with van der Waals surface area (Å²) >= 11 is 0. The number of carboxylic acid groups (broad SMARTS) is 1. The number of hydrogen-bond acceptors (Lipinski definition) is 3. The lowest BCUT2D eigenvalue weighted by atomic mass is 10.2. The van der Waals surface area contributed by atoms with Crippen molar-refractivity contribution in [2.24, 2.45) is 5.92 Å². The number of aliphatic carboxylic acids is 1. The van der Waals surface area contributed by atoms with E-state index in [-0.39, 0.29) is 0 Å². The number of ether oxygens (including phenoxy) is 1. The predicted octanol–water partition coefficient (Wildman–Crippen LogP) is 0.782. The summed E-state index contributed by atoms with van der Waals surface area (Å²) in [5.74, 6) is -2.55. The minimum absolute atomic E-state index is 0.328. The largest absolute Gasteiger partial charge is 0.481 e. The Morgan fingerprint density at radius 2 is 2.06 bits per heavy atom. The van der Waals surface area contributed by atoms with Gasteiger partial charge in [-0.1, -0.05) is 12.8 Å². The van der Waals surface area contributed by atoms with Gasteiger partial charge < -0.3 is 15.2 Å². The zero-order valence-electron chi connectivity index (χ0n) is 9.57. The minimum atomic E-state index is -1.10. The molecule has 1 atom stereocenters. The van der Waals surface area contributed by atoms with Crippen molar-refractivity contribution >= 4 is 11.9 Å². The van der Waals surface area contributed by atoms with E-state index < -0.39 is 17.8 Å². The van der Waals surface area contributed by atoms with Crippen LogP contribution in [0.15, 0.2) is 0 Å². The van der Waals surface area contributed by atoms with E-state index in [1.807, 2.05) is 0 Å². The summed E-state index contributed by atoms with van der Waals surface area (Å²) in [6.07, 6.45) is 4.95. The summed E-state index contributed by atoms with van der Waals surface area (Å²) in [6, 6.07) is 0. The van der Waals surface area contributed by atoms with Crippen molar-refractivity contribution in [3.63, 3.8) is 0 Å². The Labute approximate surface area is 95.2 Å². The first kappa shape index (κ1) is 13.0. The van der Waals surface area contributed by atoms with Gasteiger partial charge in [-0.05, 0) is 19.8 Å². The second kappa shape index (κ2) is 6.48. The summed E-state index contributed by atoms with van der Waals surface area (Å²) in [5, 5.41) is 11.1. The van der Waals surface area contributed by atoms with E-state index in [1.54, 1.807) is 0 Å². The number of carbonyl (C=O) groups excluding carboxylic acids is 1. The molecule has 0 saturated heterocycles. The number of amides is 1. The van der Waals surface area contributed by atoms with E-state index in [0.717, 1.165) is 12.8 Å². The van der Waals surface area contributed by atoms with Crippen molar-refractivity contribution in [3.05, 3.63) is 0 Å². The zero-order chi connectivity index (χ0) is 12.0. The van der Waals surface area contributed by atoms with Gasteiger partial charge in [-0.3, -0.25) is 9.59 Å². The monoisotopic (exact) mass is 229 g/mol. The van der Waals surface area contributed by atoms with E-state index in [4.69, 9.17) is 9.84 Å². The van der Waals surface area contributed by atoms with Crippen LogP contribution in [0.5, 0.6) is 0 Å². The molecule has 0 radical (unpaired) electrons. The molecule has 5 heteroatoms. The smallest absolute Gasteiger partial charge is 0.315 e. The molecule has 0 aromatic carbocycles. The summed E-state index contributed by atoms with van der Waals surface area (Å²) in [4.78, 5) is 21.7. The fraction of sp³-hybridized carbons (Fsp3) is 0.818. The maximum atomic E-state index is 11.2. The van der Waals surface area contributed by atoms with Crippen LogP contribution in [0.25, 0.3) is 0 Å². The Bertz CT molecular complexity index is 248. The molecule has 1 saturated carbocycles. The fourth-order valence-corrected chi connectivity index (χ4v) is 1.72. The number of nitrogens with one attached hydrogen (secondary N) is 1. The minimum Gasteiger partial charge on any atom is -0.481 e. The molecule has 1 amide bonds. The Morgan fingerprint density at radius 1 is 1.44 bits per heavy atom. The topological polar surface area (TPSA) is 75.6 Å². The molecule has 0 aliphatic heterocycles. The molecule has 16 heavy (non-hydrogen) atoms. The maximum Gasteiger partial charge on any atom is 0.315 e. The van der Waals surface area contributed by atoms with Crippen LogP contribution < -0.4 is 5.32 Å². The van der Waals surface area contributed by atoms with Crippen LogP contribution in [0.4, 0.5) is 0 Å². The van der Waals surface area contributed by atoms with Crippen LogP contribution in [0.3, 0.4) is 0 Å². The maximum absolute atomic E-state index is 11.2. The molecule has 92 valence electrons. The normalized spacial score (nSPS) is 18.3. The molecule has 0 aromatic rings. The number of carbonyl (C=O) groups is 2. The van der Waals surface area contributed by atoms with Crippen LogP contribution >= 0.6 is 0 Å². The van der Waals surface area contributed by atoms with Gasteiger partial charge in [0.05, 0.1) is 12.7 Å². The first-order chi connectivity index (χ1) is 7.61. The Kier molecular flexibility index (Phi) is 5.25. The molecule has 1 aliphatic carbocycles. The molecule has 1 rings (SSSR count). The lowest BCUT2D eigenvalue weighted by Crippen LogP contribution is -2.35. The third-order valence-electron chi connectivity index (χ3n) is 2.82. The standard InChI is InChI=1S/C11H19NO4/c1-8(11(14)15)10(13)12-6-7-16-9-4-2-3-5-9/h8-9H,2-7H2,1H3,(H,12,13)(H,14,15). The lowest BCUT2D eigenvalue weighted by molar-refractivity contribution is -0.146. The number of rotatable bonds is 6. The van der Waals surface area contributed by atoms with Crippen molar-refractivity contribution in [2.75, 3.05) is 13.2 Å². The average Bonchev–Trinajstić information content (AvgIpc) is 2.75. The van der Waals surface area contributed by atoms with Crippen molar-refractivity contribution in [1.29, 1.82) is 0 Å². The first-order valence-electron chi connectivity index (χ1n) is 5.73. The first-order valence-corrected chi connectivity index (χ1v) is 5.73. The van der Waals surface area contributed by atoms with E-state index in [9.17, 15) is 9.59 Å². The highest BCUT2D eigenvalue weighted by molar-refractivity contribution is 5.96. The van der Waals surface area contributed by atoms with Gasteiger partial charge >= 0.3 is 5.97 Å². The second-order valence-corrected chi connectivity index (χ2v) is 4.13. The average molecular weight is 229 g/mol. The molecular formula is C11H19NO4. The van der Waals surface area contributed by atoms with Crippen LogP contribution in [0, 0.1) is 5.92 Å². The van der Waals surface area contributed by atoms with Gasteiger partial charge in [0.15, 0.2) is 0 Å². The number of hydrogen-bond donors (Lipinski definition) is 2. The van der Waals surface area contributed by atoms with Crippen molar-refractivity contribution in [2.45, 2.75) is 38.7 Å². The molecule has 2 N–H and O–H groups in total. The van der Waals surface area contributed by atoms with Crippen molar-refractivity contribution in [1.82, 2.24) is 5.32 Å². The van der Waals surface area contributed by atoms with Gasteiger partial charge in [0.1, 0.15) is 5.92 Å². The Morgan fingerprint density at radius 3 is 2.62 bits per heavy atom. The lowest BCUT2D eigenvalue weighted by Gasteiger charge is -2.12. The molecule has 1 fully saturated rings. The Balaban J connectivity index is 2.06. The van der Waals surface area contributed by atoms with Crippen LogP contribution in [0.2, 0.25) is 0 Å². The second-order valence-electron chi connectivity index (χ2n) is 4.13. The summed E-state index contributed by atoms with van der Waals surface area (Å²) in [6.45, 7) is 2.21. The summed E-state index contributed by atoms with van der Waals surface area (Å²) in [7, 11) is 0. The molecule has 0 aromatic heterocycles. The molecule has 5 nitrogen and oxygen atoms in total. The van der Waals surface area contributed by atoms with Crippen molar-refractivity contribution in [3.8, 4) is 0 Å².